The Morgan fingerprint density at radius 1 is 1.45 bits per heavy atom. The number of carbonyl (C=O) groups is 1. The zero-order chi connectivity index (χ0) is 15.9. The Hall–Kier alpha value is -1.46. The maximum absolute atomic E-state index is 11.9. The third-order valence-corrected chi connectivity index (χ3v) is 5.15. The normalized spacial score (nSPS) is 27.7. The van der Waals surface area contributed by atoms with Crippen LogP contribution in [0.5, 0.6) is 11.5 Å². The molecule has 1 saturated heterocycles. The summed E-state index contributed by atoms with van der Waals surface area (Å²) in [7, 11) is 1.38. The Morgan fingerprint density at radius 3 is 2.91 bits per heavy atom. The highest BCUT2D eigenvalue weighted by Crippen LogP contribution is 2.48. The number of esters is 1. The van der Waals surface area contributed by atoms with Gasteiger partial charge in [0.2, 0.25) is 6.79 Å². The Bertz CT molecular complexity index is 606. The first-order chi connectivity index (χ1) is 10.4. The maximum Gasteiger partial charge on any atom is 0.337 e. The number of rotatable bonds is 2. The lowest BCUT2D eigenvalue weighted by Gasteiger charge is -2.41. The summed E-state index contributed by atoms with van der Waals surface area (Å²) in [5.74, 6) is 0.983. The first kappa shape index (κ1) is 15.4. The van der Waals surface area contributed by atoms with Gasteiger partial charge in [0.25, 0.3) is 0 Å². The average Bonchev–Trinajstić information content (AvgIpc) is 2.97. The molecule has 0 aliphatic carbocycles. The molecule has 0 N–H and O–H groups in total. The van der Waals surface area contributed by atoms with Crippen molar-refractivity contribution in [2.75, 3.05) is 20.4 Å². The van der Waals surface area contributed by atoms with Crippen molar-refractivity contribution < 1.29 is 19.0 Å². The van der Waals surface area contributed by atoms with Crippen molar-refractivity contribution in [2.24, 2.45) is 0 Å². The first-order valence-corrected chi connectivity index (χ1v) is 7.73. The van der Waals surface area contributed by atoms with Crippen molar-refractivity contribution in [2.45, 2.75) is 38.1 Å². The number of nitrogens with zero attached hydrogens (tertiary/aromatic N) is 1. The van der Waals surface area contributed by atoms with Crippen LogP contribution in [0.3, 0.4) is 0 Å². The number of ether oxygens (including phenoxy) is 3. The number of fused-ring (bicyclic) bond motifs is 1. The van der Waals surface area contributed by atoms with Gasteiger partial charge in [-0.05, 0) is 49.1 Å². The summed E-state index contributed by atoms with van der Waals surface area (Å²) in [6.07, 6.45) is 1.78. The topological polar surface area (TPSA) is 48.0 Å². The SMILES string of the molecule is COC(=O)c1cc2c(c(C3(C)CCN(Cl)C(C)C3)c1)OCO2. The number of carbonyl (C=O) groups excluding carboxylic acids is 1. The standard InChI is InChI=1S/C16H20ClNO4/c1-10-8-16(2,4-5-18(10)17)12-6-11(15(19)20-3)7-13-14(12)22-9-21-13/h6-7,10H,4-5,8-9H2,1-3H3. The van der Waals surface area contributed by atoms with Crippen molar-refractivity contribution >= 4 is 17.7 Å². The van der Waals surface area contributed by atoms with Crippen molar-refractivity contribution in [3.63, 3.8) is 0 Å². The smallest absolute Gasteiger partial charge is 0.337 e. The molecule has 2 aliphatic heterocycles. The van der Waals surface area contributed by atoms with Crippen molar-refractivity contribution in [1.29, 1.82) is 0 Å². The van der Waals surface area contributed by atoms with Gasteiger partial charge in [-0.3, -0.25) is 0 Å². The summed E-state index contributed by atoms with van der Waals surface area (Å²) in [6.45, 7) is 5.26. The molecule has 1 aromatic rings. The van der Waals surface area contributed by atoms with Crippen LogP contribution in [0.4, 0.5) is 0 Å². The number of halogens is 1. The summed E-state index contributed by atoms with van der Waals surface area (Å²) in [6, 6.07) is 3.80. The van der Waals surface area contributed by atoms with E-state index in [0.717, 1.165) is 30.7 Å². The molecule has 0 spiro atoms. The van der Waals surface area contributed by atoms with Crippen molar-refractivity contribution in [3.8, 4) is 11.5 Å². The lowest BCUT2D eigenvalue weighted by molar-refractivity contribution is 0.0600. The monoisotopic (exact) mass is 325 g/mol. The average molecular weight is 326 g/mol. The molecule has 1 aromatic carbocycles. The van der Waals surface area contributed by atoms with Crippen LogP contribution in [-0.4, -0.2) is 36.9 Å². The van der Waals surface area contributed by atoms with Crippen LogP contribution in [0.15, 0.2) is 12.1 Å². The number of hydrogen-bond acceptors (Lipinski definition) is 5. The van der Waals surface area contributed by atoms with E-state index in [1.165, 1.54) is 7.11 Å². The minimum atomic E-state index is -0.369. The summed E-state index contributed by atoms with van der Waals surface area (Å²) in [4.78, 5) is 11.9. The van der Waals surface area contributed by atoms with Gasteiger partial charge >= 0.3 is 5.97 Å². The van der Waals surface area contributed by atoms with Crippen LogP contribution < -0.4 is 9.47 Å². The molecule has 0 saturated carbocycles. The Kier molecular flexibility index (Phi) is 3.95. The van der Waals surface area contributed by atoms with Gasteiger partial charge in [-0.25, -0.2) is 9.21 Å². The summed E-state index contributed by atoms with van der Waals surface area (Å²) >= 11 is 6.21. The minimum Gasteiger partial charge on any atom is -0.465 e. The molecule has 2 unspecified atom stereocenters. The van der Waals surface area contributed by atoms with Gasteiger partial charge in [0, 0.05) is 18.2 Å². The molecule has 5 nitrogen and oxygen atoms in total. The fourth-order valence-corrected chi connectivity index (χ4v) is 3.52. The predicted molar refractivity (Wildman–Crippen MR) is 82.5 cm³/mol. The molecule has 0 aromatic heterocycles. The number of methoxy groups -OCH3 is 1. The largest absolute Gasteiger partial charge is 0.465 e. The second kappa shape index (κ2) is 5.63. The highest BCUT2D eigenvalue weighted by molar-refractivity contribution is 6.13. The molecule has 2 heterocycles. The molecule has 120 valence electrons. The summed E-state index contributed by atoms with van der Waals surface area (Å²) in [5, 5.41) is 0. The molecule has 0 amide bonds. The van der Waals surface area contributed by atoms with Crippen molar-refractivity contribution in [1.82, 2.24) is 4.42 Å². The van der Waals surface area contributed by atoms with Gasteiger partial charge in [0.15, 0.2) is 11.5 Å². The zero-order valence-corrected chi connectivity index (χ0v) is 13.8. The fourth-order valence-electron chi connectivity index (χ4n) is 3.37. The van der Waals surface area contributed by atoms with E-state index in [1.807, 2.05) is 10.5 Å². The molecular weight excluding hydrogens is 306 g/mol. The van der Waals surface area contributed by atoms with Crippen LogP contribution in [0.2, 0.25) is 0 Å². The Balaban J connectivity index is 2.06. The summed E-state index contributed by atoms with van der Waals surface area (Å²) in [5.41, 5.74) is 1.37. The van der Waals surface area contributed by atoms with Crippen LogP contribution in [-0.2, 0) is 10.2 Å². The minimum absolute atomic E-state index is 0.118. The third kappa shape index (κ3) is 2.52. The van der Waals surface area contributed by atoms with E-state index in [9.17, 15) is 4.79 Å². The lowest BCUT2D eigenvalue weighted by atomic mass is 9.72. The Labute approximate surface area is 135 Å². The van der Waals surface area contributed by atoms with Gasteiger partial charge < -0.3 is 14.2 Å². The summed E-state index contributed by atoms with van der Waals surface area (Å²) < 4.78 is 17.8. The molecule has 0 radical (unpaired) electrons. The molecule has 6 heteroatoms. The molecule has 22 heavy (non-hydrogen) atoms. The van der Waals surface area contributed by atoms with E-state index in [4.69, 9.17) is 26.0 Å². The lowest BCUT2D eigenvalue weighted by Crippen LogP contribution is -2.42. The quantitative estimate of drug-likeness (QED) is 0.617. The number of benzene rings is 1. The molecule has 2 atom stereocenters. The molecule has 1 fully saturated rings. The molecule has 2 aliphatic rings. The van der Waals surface area contributed by atoms with Gasteiger partial charge in [-0.1, -0.05) is 6.92 Å². The predicted octanol–water partition coefficient (Wildman–Crippen LogP) is 3.10. The number of hydrogen-bond donors (Lipinski definition) is 0. The molecule has 3 rings (SSSR count). The van der Waals surface area contributed by atoms with Crippen LogP contribution >= 0.6 is 11.8 Å². The van der Waals surface area contributed by atoms with E-state index in [2.05, 4.69) is 13.8 Å². The van der Waals surface area contributed by atoms with Gasteiger partial charge in [-0.15, -0.1) is 0 Å². The molecular formula is C16H20ClNO4. The maximum atomic E-state index is 11.9. The highest BCUT2D eigenvalue weighted by atomic mass is 35.5. The van der Waals surface area contributed by atoms with Gasteiger partial charge in [0.05, 0.1) is 12.7 Å². The third-order valence-electron chi connectivity index (χ3n) is 4.65. The highest BCUT2D eigenvalue weighted by Gasteiger charge is 2.39. The fraction of sp³-hybridized carbons (Fsp3) is 0.562. The van der Waals surface area contributed by atoms with Gasteiger partial charge in [0.1, 0.15) is 0 Å². The van der Waals surface area contributed by atoms with Crippen LogP contribution in [0.25, 0.3) is 0 Å². The van der Waals surface area contributed by atoms with Gasteiger partial charge in [-0.2, -0.15) is 0 Å². The van der Waals surface area contributed by atoms with E-state index in [0.29, 0.717) is 11.3 Å². The molecule has 0 bridgehead atoms. The van der Waals surface area contributed by atoms with Crippen LogP contribution in [0, 0.1) is 0 Å². The van der Waals surface area contributed by atoms with E-state index in [1.54, 1.807) is 6.07 Å². The Morgan fingerprint density at radius 2 is 2.23 bits per heavy atom. The number of piperidine rings is 1. The van der Waals surface area contributed by atoms with Crippen LogP contribution in [0.1, 0.15) is 42.6 Å². The van der Waals surface area contributed by atoms with E-state index in [-0.39, 0.29) is 24.2 Å². The zero-order valence-electron chi connectivity index (χ0n) is 13.0. The second-order valence-electron chi connectivity index (χ2n) is 6.24. The van der Waals surface area contributed by atoms with E-state index >= 15 is 0 Å². The van der Waals surface area contributed by atoms with Crippen molar-refractivity contribution in [3.05, 3.63) is 23.3 Å². The second-order valence-corrected chi connectivity index (χ2v) is 6.67. The van der Waals surface area contributed by atoms with E-state index < -0.39 is 0 Å². The first-order valence-electron chi connectivity index (χ1n) is 7.39.